The van der Waals surface area contributed by atoms with Gasteiger partial charge in [-0.15, -0.1) is 0 Å². The summed E-state index contributed by atoms with van der Waals surface area (Å²) in [6, 6.07) is 1.31. The van der Waals surface area contributed by atoms with Crippen LogP contribution in [0.25, 0.3) is 5.69 Å². The molecule has 17 heavy (non-hydrogen) atoms. The van der Waals surface area contributed by atoms with Crippen molar-refractivity contribution in [3.05, 3.63) is 44.5 Å². The molecule has 1 N–H and O–H groups in total. The van der Waals surface area contributed by atoms with E-state index in [1.54, 1.807) is 10.9 Å². The Morgan fingerprint density at radius 1 is 1.41 bits per heavy atom. The lowest BCUT2D eigenvalue weighted by Crippen LogP contribution is -2.32. The monoisotopic (exact) mass is 254 g/mol. The fourth-order valence-electron chi connectivity index (χ4n) is 1.44. The van der Waals surface area contributed by atoms with E-state index in [1.807, 2.05) is 13.8 Å². The molecule has 0 amide bonds. The summed E-state index contributed by atoms with van der Waals surface area (Å²) >= 11 is 5.58. The van der Waals surface area contributed by atoms with Crippen LogP contribution in [0, 0.1) is 0 Å². The van der Waals surface area contributed by atoms with E-state index < -0.39 is 11.2 Å². The summed E-state index contributed by atoms with van der Waals surface area (Å²) in [4.78, 5) is 25.6. The lowest BCUT2D eigenvalue weighted by Gasteiger charge is -2.03. The SMILES string of the molecule is CC(C)n1cc(-n2c(=O)cc(Cl)[nH]c2=O)cn1. The Kier molecular flexibility index (Phi) is 2.89. The van der Waals surface area contributed by atoms with E-state index in [-0.39, 0.29) is 11.2 Å². The normalized spacial score (nSPS) is 11.1. The van der Waals surface area contributed by atoms with Gasteiger partial charge in [-0.3, -0.25) is 14.5 Å². The number of nitrogens with zero attached hydrogens (tertiary/aromatic N) is 3. The van der Waals surface area contributed by atoms with E-state index in [1.165, 1.54) is 6.20 Å². The lowest BCUT2D eigenvalue weighted by molar-refractivity contribution is 0.532. The van der Waals surface area contributed by atoms with Crippen molar-refractivity contribution >= 4 is 11.6 Å². The van der Waals surface area contributed by atoms with Gasteiger partial charge in [0, 0.05) is 18.3 Å². The smallest absolute Gasteiger partial charge is 0.297 e. The maximum Gasteiger partial charge on any atom is 0.334 e. The van der Waals surface area contributed by atoms with E-state index >= 15 is 0 Å². The first-order valence-corrected chi connectivity index (χ1v) is 5.43. The van der Waals surface area contributed by atoms with Crippen molar-refractivity contribution in [3.63, 3.8) is 0 Å². The predicted octanol–water partition coefficient (Wildman–Crippen LogP) is 0.957. The summed E-state index contributed by atoms with van der Waals surface area (Å²) in [6.07, 6.45) is 3.10. The van der Waals surface area contributed by atoms with E-state index in [0.29, 0.717) is 5.69 Å². The largest absolute Gasteiger partial charge is 0.334 e. The van der Waals surface area contributed by atoms with Gasteiger partial charge >= 0.3 is 5.69 Å². The van der Waals surface area contributed by atoms with Gasteiger partial charge in [0.05, 0.1) is 11.9 Å². The molecular formula is C10H11ClN4O2. The molecule has 0 atom stereocenters. The van der Waals surface area contributed by atoms with Crippen molar-refractivity contribution in [1.82, 2.24) is 19.3 Å². The Balaban J connectivity index is 2.61. The second-order valence-electron chi connectivity index (χ2n) is 3.87. The summed E-state index contributed by atoms with van der Waals surface area (Å²) in [5.41, 5.74) is -0.644. The van der Waals surface area contributed by atoms with Crippen LogP contribution < -0.4 is 11.2 Å². The highest BCUT2D eigenvalue weighted by molar-refractivity contribution is 6.29. The van der Waals surface area contributed by atoms with Gasteiger partial charge in [-0.1, -0.05) is 11.6 Å². The third kappa shape index (κ3) is 2.16. The average Bonchev–Trinajstić information content (AvgIpc) is 2.65. The zero-order valence-electron chi connectivity index (χ0n) is 9.35. The second kappa shape index (κ2) is 4.21. The molecule has 0 fully saturated rings. The summed E-state index contributed by atoms with van der Waals surface area (Å²) in [7, 11) is 0. The number of H-pyrrole nitrogens is 1. The summed E-state index contributed by atoms with van der Waals surface area (Å²) in [5.74, 6) is 0. The maximum atomic E-state index is 11.7. The van der Waals surface area contributed by atoms with Crippen LogP contribution in [0.4, 0.5) is 0 Å². The molecule has 0 bridgehead atoms. The molecular weight excluding hydrogens is 244 g/mol. The van der Waals surface area contributed by atoms with Crippen molar-refractivity contribution in [2.75, 3.05) is 0 Å². The molecule has 2 heterocycles. The molecule has 0 unspecified atom stereocenters. The molecule has 0 aliphatic carbocycles. The summed E-state index contributed by atoms with van der Waals surface area (Å²) < 4.78 is 2.65. The predicted molar refractivity (Wildman–Crippen MR) is 63.8 cm³/mol. The zero-order chi connectivity index (χ0) is 12.6. The van der Waals surface area contributed by atoms with E-state index in [9.17, 15) is 9.59 Å². The van der Waals surface area contributed by atoms with Crippen LogP contribution in [0.1, 0.15) is 19.9 Å². The van der Waals surface area contributed by atoms with E-state index in [0.717, 1.165) is 10.6 Å². The van der Waals surface area contributed by atoms with Crippen LogP contribution in [0.5, 0.6) is 0 Å². The zero-order valence-corrected chi connectivity index (χ0v) is 10.1. The van der Waals surface area contributed by atoms with Gasteiger partial charge < -0.3 is 0 Å². The lowest BCUT2D eigenvalue weighted by atomic mass is 10.4. The summed E-state index contributed by atoms with van der Waals surface area (Å²) in [5, 5.41) is 4.09. The molecule has 0 aromatic carbocycles. The average molecular weight is 255 g/mol. The Morgan fingerprint density at radius 3 is 2.65 bits per heavy atom. The fourth-order valence-corrected chi connectivity index (χ4v) is 1.61. The van der Waals surface area contributed by atoms with Crippen LogP contribution in [-0.2, 0) is 0 Å². The number of rotatable bonds is 2. The molecule has 7 heteroatoms. The summed E-state index contributed by atoms with van der Waals surface area (Å²) in [6.45, 7) is 3.90. The second-order valence-corrected chi connectivity index (χ2v) is 4.28. The molecule has 6 nitrogen and oxygen atoms in total. The molecule has 2 rings (SSSR count). The quantitative estimate of drug-likeness (QED) is 0.811. The van der Waals surface area contributed by atoms with Gasteiger partial charge in [-0.25, -0.2) is 9.36 Å². The van der Waals surface area contributed by atoms with Crippen molar-refractivity contribution < 1.29 is 0 Å². The topological polar surface area (TPSA) is 72.7 Å². The highest BCUT2D eigenvalue weighted by Gasteiger charge is 2.09. The molecule has 2 aromatic rings. The fraction of sp³-hybridized carbons (Fsp3) is 0.300. The van der Waals surface area contributed by atoms with Crippen LogP contribution in [0.3, 0.4) is 0 Å². The number of aromatic amines is 1. The Hall–Kier alpha value is -1.82. The Bertz CT molecular complexity index is 622. The molecule has 0 radical (unpaired) electrons. The van der Waals surface area contributed by atoms with Gasteiger partial charge in [0.25, 0.3) is 5.56 Å². The van der Waals surface area contributed by atoms with Gasteiger partial charge in [0.1, 0.15) is 5.15 Å². The van der Waals surface area contributed by atoms with Crippen molar-refractivity contribution in [3.8, 4) is 5.69 Å². The van der Waals surface area contributed by atoms with Gasteiger partial charge in [0.15, 0.2) is 0 Å². The van der Waals surface area contributed by atoms with Crippen molar-refractivity contribution in [1.29, 1.82) is 0 Å². The van der Waals surface area contributed by atoms with Gasteiger partial charge in [-0.2, -0.15) is 5.10 Å². The van der Waals surface area contributed by atoms with Crippen LogP contribution in [0.2, 0.25) is 5.15 Å². The Morgan fingerprint density at radius 2 is 2.12 bits per heavy atom. The highest BCUT2D eigenvalue weighted by atomic mass is 35.5. The first kappa shape index (κ1) is 11.7. The number of halogens is 1. The van der Waals surface area contributed by atoms with Crippen molar-refractivity contribution in [2.45, 2.75) is 19.9 Å². The number of hydrogen-bond donors (Lipinski definition) is 1. The van der Waals surface area contributed by atoms with Gasteiger partial charge in [0.2, 0.25) is 0 Å². The molecule has 0 aliphatic heterocycles. The third-order valence-corrected chi connectivity index (χ3v) is 2.48. The number of hydrogen-bond acceptors (Lipinski definition) is 3. The minimum Gasteiger partial charge on any atom is -0.297 e. The number of aromatic nitrogens is 4. The molecule has 0 saturated heterocycles. The highest BCUT2D eigenvalue weighted by Crippen LogP contribution is 2.07. The van der Waals surface area contributed by atoms with E-state index in [4.69, 9.17) is 11.6 Å². The van der Waals surface area contributed by atoms with Crippen LogP contribution in [0.15, 0.2) is 28.0 Å². The van der Waals surface area contributed by atoms with Crippen LogP contribution in [-0.4, -0.2) is 19.3 Å². The first-order valence-electron chi connectivity index (χ1n) is 5.05. The Labute approximate surface area is 101 Å². The van der Waals surface area contributed by atoms with E-state index in [2.05, 4.69) is 10.1 Å². The standard InChI is InChI=1S/C10H11ClN4O2/c1-6(2)14-5-7(4-12-14)15-9(16)3-8(11)13-10(15)17/h3-6H,1-2H3,(H,13,17). The molecule has 0 spiro atoms. The minimum absolute atomic E-state index is 0.0208. The van der Waals surface area contributed by atoms with Gasteiger partial charge in [-0.05, 0) is 13.8 Å². The first-order chi connectivity index (χ1) is 7.99. The maximum absolute atomic E-state index is 11.7. The van der Waals surface area contributed by atoms with Crippen LogP contribution >= 0.6 is 11.6 Å². The molecule has 0 saturated carbocycles. The molecule has 0 aliphatic rings. The number of nitrogens with one attached hydrogen (secondary N) is 1. The molecule has 90 valence electrons. The molecule has 2 aromatic heterocycles. The minimum atomic E-state index is -0.578. The van der Waals surface area contributed by atoms with Crippen molar-refractivity contribution in [2.24, 2.45) is 0 Å². The third-order valence-electron chi connectivity index (χ3n) is 2.28.